The van der Waals surface area contributed by atoms with Crippen molar-refractivity contribution in [1.82, 2.24) is 0 Å². The molecule has 1 rings (SSSR count). The van der Waals surface area contributed by atoms with Gasteiger partial charge in [0.2, 0.25) is 5.60 Å². The molecule has 1 aromatic carbocycles. The number of nitrogens with zero attached hydrogens (tertiary/aromatic N) is 1. The molecule has 0 fully saturated rings. The summed E-state index contributed by atoms with van der Waals surface area (Å²) in [6.07, 6.45) is 0. The number of benzene rings is 1. The largest absolute Gasteiger partial charge is 0.442 e. The van der Waals surface area contributed by atoms with Gasteiger partial charge in [0, 0.05) is 10.6 Å². The number of ether oxygens (including phenoxy) is 2. The number of halogens is 3. The molecule has 7 heteroatoms. The molecule has 0 amide bonds. The fourth-order valence-corrected chi connectivity index (χ4v) is 1.59. The first-order valence-corrected chi connectivity index (χ1v) is 5.08. The fraction of sp³-hybridized carbons (Fsp3) is 0.273. The molecular formula is C11H8ClF2NO3. The van der Waals surface area contributed by atoms with Gasteiger partial charge in [0.15, 0.2) is 0 Å². The second-order valence-corrected chi connectivity index (χ2v) is 3.79. The summed E-state index contributed by atoms with van der Waals surface area (Å²) in [5, 5.41) is 9.09. The summed E-state index contributed by atoms with van der Waals surface area (Å²) in [5.41, 5.74) is -1.60. The van der Waals surface area contributed by atoms with E-state index >= 15 is 0 Å². The Morgan fingerprint density at radius 2 is 2.22 bits per heavy atom. The van der Waals surface area contributed by atoms with Crippen molar-refractivity contribution in [3.05, 3.63) is 28.8 Å². The zero-order valence-corrected chi connectivity index (χ0v) is 9.95. The highest BCUT2D eigenvalue weighted by atomic mass is 35.5. The second kappa shape index (κ2) is 5.65. The van der Waals surface area contributed by atoms with Gasteiger partial charge in [0.25, 0.3) is 6.47 Å². The Balaban J connectivity index is 3.22. The third-order valence-corrected chi connectivity index (χ3v) is 2.50. The summed E-state index contributed by atoms with van der Waals surface area (Å²) in [6, 6.07) is 5.36. The highest BCUT2D eigenvalue weighted by molar-refractivity contribution is 6.31. The standard InChI is InChI=1S/C11H8ClF2NO3/c1-11(5-15,17-6-16)8-4-7(18-10(13)14)2-3-9(8)12/h2-4,6,10H,1H3. The lowest BCUT2D eigenvalue weighted by molar-refractivity contribution is -0.138. The van der Waals surface area contributed by atoms with Crippen molar-refractivity contribution in [3.63, 3.8) is 0 Å². The molecule has 0 aromatic heterocycles. The van der Waals surface area contributed by atoms with Crippen LogP contribution in [0.3, 0.4) is 0 Å². The maximum atomic E-state index is 12.1. The minimum Gasteiger partial charge on any atom is -0.442 e. The lowest BCUT2D eigenvalue weighted by atomic mass is 9.97. The summed E-state index contributed by atoms with van der Waals surface area (Å²) in [6.45, 7) is -1.63. The van der Waals surface area contributed by atoms with E-state index in [1.54, 1.807) is 6.07 Å². The number of carbonyl (C=O) groups is 1. The SMILES string of the molecule is CC(C#N)(OC=O)c1cc(OC(F)F)ccc1Cl. The van der Waals surface area contributed by atoms with Crippen LogP contribution in [0, 0.1) is 11.3 Å². The van der Waals surface area contributed by atoms with Crippen LogP contribution < -0.4 is 4.74 Å². The normalized spacial score (nSPS) is 13.6. The lowest BCUT2D eigenvalue weighted by Gasteiger charge is -2.21. The number of hydrogen-bond acceptors (Lipinski definition) is 4. The van der Waals surface area contributed by atoms with Crippen molar-refractivity contribution in [2.24, 2.45) is 0 Å². The first-order valence-electron chi connectivity index (χ1n) is 4.70. The third-order valence-electron chi connectivity index (χ3n) is 2.17. The Hall–Kier alpha value is -1.87. The molecule has 96 valence electrons. The highest BCUT2D eigenvalue weighted by Gasteiger charge is 2.31. The summed E-state index contributed by atoms with van der Waals surface area (Å²) < 4.78 is 33.0. The molecule has 0 aliphatic rings. The van der Waals surface area contributed by atoms with E-state index in [0.717, 1.165) is 6.07 Å². The van der Waals surface area contributed by atoms with Gasteiger partial charge in [-0.05, 0) is 25.1 Å². The van der Waals surface area contributed by atoms with E-state index in [2.05, 4.69) is 9.47 Å². The van der Waals surface area contributed by atoms with Gasteiger partial charge in [-0.2, -0.15) is 14.0 Å². The predicted molar refractivity (Wildman–Crippen MR) is 58.2 cm³/mol. The molecule has 0 saturated heterocycles. The molecule has 0 aliphatic carbocycles. The first-order chi connectivity index (χ1) is 8.42. The predicted octanol–water partition coefficient (Wildman–Crippen LogP) is 2.85. The molecule has 0 spiro atoms. The van der Waals surface area contributed by atoms with Crippen molar-refractivity contribution < 1.29 is 23.0 Å². The number of hydrogen-bond donors (Lipinski definition) is 0. The molecule has 1 aromatic rings. The van der Waals surface area contributed by atoms with Crippen LogP contribution in [0.1, 0.15) is 12.5 Å². The molecule has 18 heavy (non-hydrogen) atoms. The van der Waals surface area contributed by atoms with E-state index in [-0.39, 0.29) is 22.8 Å². The van der Waals surface area contributed by atoms with Gasteiger partial charge in [-0.1, -0.05) is 11.6 Å². The molecule has 1 atom stereocenters. The van der Waals surface area contributed by atoms with Crippen molar-refractivity contribution in [2.45, 2.75) is 19.1 Å². The monoisotopic (exact) mass is 275 g/mol. The first kappa shape index (κ1) is 14.2. The van der Waals surface area contributed by atoms with Crippen molar-refractivity contribution in [1.29, 1.82) is 5.26 Å². The van der Waals surface area contributed by atoms with Crippen LogP contribution in [0.5, 0.6) is 5.75 Å². The third kappa shape index (κ3) is 3.08. The molecule has 0 radical (unpaired) electrons. The minimum absolute atomic E-state index is 0.0666. The Bertz CT molecular complexity index is 490. The van der Waals surface area contributed by atoms with E-state index in [1.165, 1.54) is 19.1 Å². The lowest BCUT2D eigenvalue weighted by Crippen LogP contribution is -2.23. The van der Waals surface area contributed by atoms with Crippen LogP contribution in [-0.2, 0) is 15.1 Å². The fourth-order valence-electron chi connectivity index (χ4n) is 1.29. The molecule has 0 N–H and O–H groups in total. The summed E-state index contributed by atoms with van der Waals surface area (Å²) in [7, 11) is 0. The maximum absolute atomic E-state index is 12.1. The van der Waals surface area contributed by atoms with Crippen LogP contribution in [0.15, 0.2) is 18.2 Å². The average Bonchev–Trinajstić information content (AvgIpc) is 2.31. The minimum atomic E-state index is -3.00. The van der Waals surface area contributed by atoms with Crippen molar-refractivity contribution >= 4 is 18.1 Å². The van der Waals surface area contributed by atoms with Gasteiger partial charge < -0.3 is 9.47 Å². The van der Waals surface area contributed by atoms with Gasteiger partial charge in [-0.3, -0.25) is 4.79 Å². The zero-order chi connectivity index (χ0) is 13.8. The molecule has 4 nitrogen and oxygen atoms in total. The molecule has 0 bridgehead atoms. The Kier molecular flexibility index (Phi) is 4.45. The molecule has 1 unspecified atom stereocenters. The van der Waals surface area contributed by atoms with E-state index in [1.807, 2.05) is 0 Å². The van der Waals surface area contributed by atoms with Gasteiger partial charge in [0.1, 0.15) is 11.8 Å². The van der Waals surface area contributed by atoms with Crippen LogP contribution in [0.2, 0.25) is 5.02 Å². The molecular weight excluding hydrogens is 268 g/mol. The van der Waals surface area contributed by atoms with Crippen LogP contribution in [-0.4, -0.2) is 13.1 Å². The van der Waals surface area contributed by atoms with Gasteiger partial charge in [-0.15, -0.1) is 0 Å². The number of rotatable bonds is 5. The number of nitriles is 1. The van der Waals surface area contributed by atoms with Crippen LogP contribution >= 0.6 is 11.6 Å². The van der Waals surface area contributed by atoms with Crippen LogP contribution in [0.4, 0.5) is 8.78 Å². The van der Waals surface area contributed by atoms with Crippen molar-refractivity contribution in [3.8, 4) is 11.8 Å². The highest BCUT2D eigenvalue weighted by Crippen LogP contribution is 2.33. The summed E-state index contributed by atoms with van der Waals surface area (Å²) in [4.78, 5) is 10.4. The molecule has 0 heterocycles. The van der Waals surface area contributed by atoms with Gasteiger partial charge >= 0.3 is 6.61 Å². The van der Waals surface area contributed by atoms with E-state index in [0.29, 0.717) is 0 Å². The molecule has 0 saturated carbocycles. The Labute approximate surface area is 107 Å². The second-order valence-electron chi connectivity index (χ2n) is 3.38. The van der Waals surface area contributed by atoms with Crippen molar-refractivity contribution in [2.75, 3.05) is 0 Å². The van der Waals surface area contributed by atoms with Gasteiger partial charge in [0.05, 0.1) is 0 Å². The Morgan fingerprint density at radius 3 is 2.72 bits per heavy atom. The quantitative estimate of drug-likeness (QED) is 0.775. The Morgan fingerprint density at radius 1 is 1.56 bits per heavy atom. The van der Waals surface area contributed by atoms with Gasteiger partial charge in [-0.25, -0.2) is 0 Å². The smallest absolute Gasteiger partial charge is 0.387 e. The van der Waals surface area contributed by atoms with E-state index < -0.39 is 12.2 Å². The van der Waals surface area contributed by atoms with E-state index in [4.69, 9.17) is 16.9 Å². The van der Waals surface area contributed by atoms with Crippen LogP contribution in [0.25, 0.3) is 0 Å². The number of alkyl halides is 2. The number of carbonyl (C=O) groups excluding carboxylic acids is 1. The molecule has 0 aliphatic heterocycles. The maximum Gasteiger partial charge on any atom is 0.387 e. The average molecular weight is 276 g/mol. The topological polar surface area (TPSA) is 59.3 Å². The summed E-state index contributed by atoms with van der Waals surface area (Å²) in [5.74, 6) is -0.180. The van der Waals surface area contributed by atoms with E-state index in [9.17, 15) is 13.6 Å². The summed E-state index contributed by atoms with van der Waals surface area (Å²) >= 11 is 5.84. The zero-order valence-electron chi connectivity index (χ0n) is 9.19.